The number of hydrogen-bond donors (Lipinski definition) is 2. The zero-order chi connectivity index (χ0) is 16.4. The predicted octanol–water partition coefficient (Wildman–Crippen LogP) is 1.70. The van der Waals surface area contributed by atoms with Gasteiger partial charge in [-0.25, -0.2) is 4.98 Å². The lowest BCUT2D eigenvalue weighted by Crippen LogP contribution is -2.22. The molecular formula is C15H17ClN6O. The fourth-order valence-corrected chi connectivity index (χ4v) is 3.20. The van der Waals surface area contributed by atoms with E-state index in [9.17, 15) is 5.11 Å². The van der Waals surface area contributed by atoms with E-state index in [-0.39, 0.29) is 17.5 Å². The van der Waals surface area contributed by atoms with Crippen LogP contribution in [0.3, 0.4) is 0 Å². The van der Waals surface area contributed by atoms with Gasteiger partial charge < -0.3 is 15.0 Å². The van der Waals surface area contributed by atoms with Gasteiger partial charge in [0.15, 0.2) is 5.69 Å². The van der Waals surface area contributed by atoms with Crippen LogP contribution in [0.15, 0.2) is 18.5 Å². The van der Waals surface area contributed by atoms with Gasteiger partial charge in [0.25, 0.3) is 0 Å². The summed E-state index contributed by atoms with van der Waals surface area (Å²) in [7, 11) is 1.91. The predicted molar refractivity (Wildman–Crippen MR) is 84.9 cm³/mol. The Hall–Kier alpha value is -2.17. The van der Waals surface area contributed by atoms with Crippen LogP contribution in [0, 0.1) is 17.2 Å². The van der Waals surface area contributed by atoms with Crippen molar-refractivity contribution in [1.29, 1.82) is 5.26 Å². The van der Waals surface area contributed by atoms with Crippen LogP contribution < -0.4 is 5.32 Å². The molecule has 2 N–H and O–H groups in total. The van der Waals surface area contributed by atoms with E-state index in [1.165, 1.54) is 0 Å². The number of nitrogens with zero attached hydrogens (tertiary/aromatic N) is 5. The van der Waals surface area contributed by atoms with Gasteiger partial charge in [0.05, 0.1) is 11.1 Å². The molecule has 0 spiro atoms. The summed E-state index contributed by atoms with van der Waals surface area (Å²) in [4.78, 5) is 4.15. The average Bonchev–Trinajstić information content (AvgIpc) is 3.12. The van der Waals surface area contributed by atoms with E-state index >= 15 is 0 Å². The van der Waals surface area contributed by atoms with Gasteiger partial charge in [-0.3, -0.25) is 0 Å². The van der Waals surface area contributed by atoms with Gasteiger partial charge in [-0.2, -0.15) is 5.26 Å². The minimum Gasteiger partial charge on any atom is -0.393 e. The number of hydrogen-bond acceptors (Lipinski definition) is 6. The third kappa shape index (κ3) is 3.28. The summed E-state index contributed by atoms with van der Waals surface area (Å²) in [6.07, 6.45) is 2.79. The first-order chi connectivity index (χ1) is 11.1. The standard InChI is InChI=1S/C15H17ClN6O/c1-22-8-19-21-15(22)9-4-10(13(23)5-9)7-18-14-3-2-11(16)12(6-17)20-14/h2-3,8-10,13,23H,4-5,7H2,1H3,(H,18,20)/t9-,10+,13+/m0/s1. The van der Waals surface area contributed by atoms with E-state index in [1.54, 1.807) is 18.5 Å². The Kier molecular flexibility index (Phi) is 4.46. The largest absolute Gasteiger partial charge is 0.393 e. The second-order valence-electron chi connectivity index (χ2n) is 5.82. The van der Waals surface area contributed by atoms with Crippen molar-refractivity contribution in [1.82, 2.24) is 19.7 Å². The molecule has 0 aromatic carbocycles. The van der Waals surface area contributed by atoms with Crippen molar-refractivity contribution in [2.75, 3.05) is 11.9 Å². The van der Waals surface area contributed by atoms with Crippen molar-refractivity contribution < 1.29 is 5.11 Å². The molecule has 2 aromatic heterocycles. The molecule has 1 fully saturated rings. The van der Waals surface area contributed by atoms with Gasteiger partial charge in [-0.15, -0.1) is 10.2 Å². The lowest BCUT2D eigenvalue weighted by atomic mass is 10.0. The van der Waals surface area contributed by atoms with Gasteiger partial charge in [0.2, 0.25) is 0 Å². The smallest absolute Gasteiger partial charge is 0.161 e. The molecule has 0 aliphatic heterocycles. The van der Waals surface area contributed by atoms with Crippen molar-refractivity contribution in [2.45, 2.75) is 24.9 Å². The first kappa shape index (κ1) is 15.7. The molecule has 0 unspecified atom stereocenters. The van der Waals surface area contributed by atoms with E-state index in [1.807, 2.05) is 17.7 Å². The highest BCUT2D eigenvalue weighted by atomic mass is 35.5. The number of aliphatic hydroxyl groups excluding tert-OH is 1. The highest BCUT2D eigenvalue weighted by molar-refractivity contribution is 6.31. The summed E-state index contributed by atoms with van der Waals surface area (Å²) < 4.78 is 1.90. The van der Waals surface area contributed by atoms with Crippen LogP contribution in [-0.4, -0.2) is 37.5 Å². The van der Waals surface area contributed by atoms with Gasteiger partial charge >= 0.3 is 0 Å². The SMILES string of the molecule is Cn1cnnc1[C@H]1C[C@H](CNc2ccc(Cl)c(C#N)n2)[C@H](O)C1. The molecular weight excluding hydrogens is 316 g/mol. The molecule has 3 rings (SSSR count). The average molecular weight is 333 g/mol. The topological polar surface area (TPSA) is 99.7 Å². The summed E-state index contributed by atoms with van der Waals surface area (Å²) in [5.41, 5.74) is 0.195. The van der Waals surface area contributed by atoms with E-state index in [0.29, 0.717) is 23.8 Å². The lowest BCUT2D eigenvalue weighted by Gasteiger charge is -2.15. The maximum atomic E-state index is 10.3. The van der Waals surface area contributed by atoms with E-state index in [2.05, 4.69) is 20.5 Å². The first-order valence-corrected chi connectivity index (χ1v) is 7.78. The Morgan fingerprint density at radius 1 is 1.48 bits per heavy atom. The Labute approximate surface area is 138 Å². The zero-order valence-corrected chi connectivity index (χ0v) is 13.4. The van der Waals surface area contributed by atoms with Gasteiger partial charge in [0, 0.05) is 25.4 Å². The number of rotatable bonds is 4. The van der Waals surface area contributed by atoms with Crippen molar-refractivity contribution in [3.05, 3.63) is 35.0 Å². The molecule has 3 atom stereocenters. The van der Waals surface area contributed by atoms with E-state index in [0.717, 1.165) is 12.2 Å². The van der Waals surface area contributed by atoms with E-state index < -0.39 is 6.10 Å². The molecule has 0 radical (unpaired) electrons. The second-order valence-corrected chi connectivity index (χ2v) is 6.22. The minimum absolute atomic E-state index is 0.0970. The molecule has 2 aromatic rings. The summed E-state index contributed by atoms with van der Waals surface area (Å²) in [6.45, 7) is 0.578. The van der Waals surface area contributed by atoms with Crippen LogP contribution >= 0.6 is 11.6 Å². The molecule has 0 amide bonds. The molecule has 0 bridgehead atoms. The Balaban J connectivity index is 1.63. The number of nitrogens with one attached hydrogen (secondary N) is 1. The van der Waals surface area contributed by atoms with E-state index in [4.69, 9.17) is 16.9 Å². The van der Waals surface area contributed by atoms with Crippen molar-refractivity contribution in [3.63, 3.8) is 0 Å². The quantitative estimate of drug-likeness (QED) is 0.884. The number of aromatic nitrogens is 4. The highest BCUT2D eigenvalue weighted by Gasteiger charge is 2.35. The number of anilines is 1. The Bertz CT molecular complexity index is 740. The molecule has 2 heterocycles. The molecule has 23 heavy (non-hydrogen) atoms. The molecule has 120 valence electrons. The monoisotopic (exact) mass is 332 g/mol. The summed E-state index contributed by atoms with van der Waals surface area (Å²) in [6, 6.07) is 5.32. The fraction of sp³-hybridized carbons (Fsp3) is 0.467. The first-order valence-electron chi connectivity index (χ1n) is 7.41. The number of aryl methyl sites for hydroxylation is 1. The van der Waals surface area contributed by atoms with Crippen LogP contribution in [0.2, 0.25) is 5.02 Å². The van der Waals surface area contributed by atoms with Crippen LogP contribution in [-0.2, 0) is 7.05 Å². The van der Waals surface area contributed by atoms with Crippen LogP contribution in [0.5, 0.6) is 0 Å². The minimum atomic E-state index is -0.396. The molecule has 8 heteroatoms. The van der Waals surface area contributed by atoms with Crippen molar-refractivity contribution >= 4 is 17.4 Å². The number of nitriles is 1. The number of aliphatic hydroxyl groups is 1. The second kappa shape index (κ2) is 6.52. The molecule has 1 aliphatic carbocycles. The summed E-state index contributed by atoms with van der Waals surface area (Å²) in [5.74, 6) is 1.79. The van der Waals surface area contributed by atoms with Crippen molar-refractivity contribution in [2.24, 2.45) is 13.0 Å². The third-order valence-corrected chi connectivity index (χ3v) is 4.57. The van der Waals surface area contributed by atoms with Crippen LogP contribution in [0.25, 0.3) is 0 Å². The van der Waals surface area contributed by atoms with Gasteiger partial charge in [-0.1, -0.05) is 11.6 Å². The number of halogens is 1. The van der Waals surface area contributed by atoms with Crippen LogP contribution in [0.1, 0.15) is 30.3 Å². The third-order valence-electron chi connectivity index (χ3n) is 4.27. The fourth-order valence-electron chi connectivity index (χ4n) is 3.05. The summed E-state index contributed by atoms with van der Waals surface area (Å²) >= 11 is 5.87. The van der Waals surface area contributed by atoms with Gasteiger partial charge in [-0.05, 0) is 25.0 Å². The maximum Gasteiger partial charge on any atom is 0.161 e. The molecule has 7 nitrogen and oxygen atoms in total. The Morgan fingerprint density at radius 2 is 2.30 bits per heavy atom. The number of pyridine rings is 1. The Morgan fingerprint density at radius 3 is 3.00 bits per heavy atom. The van der Waals surface area contributed by atoms with Crippen LogP contribution in [0.4, 0.5) is 5.82 Å². The summed E-state index contributed by atoms with van der Waals surface area (Å²) in [5, 5.41) is 30.8. The van der Waals surface area contributed by atoms with Gasteiger partial charge in [0.1, 0.15) is 24.0 Å². The zero-order valence-electron chi connectivity index (χ0n) is 12.6. The van der Waals surface area contributed by atoms with Crippen molar-refractivity contribution in [3.8, 4) is 6.07 Å². The lowest BCUT2D eigenvalue weighted by molar-refractivity contribution is 0.137. The molecule has 1 aliphatic rings. The maximum absolute atomic E-state index is 10.3. The molecule has 1 saturated carbocycles. The normalized spacial score (nSPS) is 23.7. The molecule has 0 saturated heterocycles. The highest BCUT2D eigenvalue weighted by Crippen LogP contribution is 2.37.